The predicted molar refractivity (Wildman–Crippen MR) is 118 cm³/mol. The molecule has 5 heteroatoms. The number of ether oxygens (including phenoxy) is 2. The third-order valence-electron chi connectivity index (χ3n) is 7.80. The predicted octanol–water partition coefficient (Wildman–Crippen LogP) is 4.22. The quantitative estimate of drug-likeness (QED) is 0.774. The zero-order valence-electron chi connectivity index (χ0n) is 19.3. The van der Waals surface area contributed by atoms with Gasteiger partial charge in [-0.3, -0.25) is 4.79 Å². The van der Waals surface area contributed by atoms with Gasteiger partial charge in [0.15, 0.2) is 0 Å². The van der Waals surface area contributed by atoms with Gasteiger partial charge < -0.3 is 20.1 Å². The number of carbonyl (C=O) groups is 1. The number of hydrogen-bond donors (Lipinski definition) is 2. The molecular weight excluding hydrogens is 376 g/mol. The Kier molecular flexibility index (Phi) is 5.65. The number of rotatable bonds is 4. The third-order valence-corrected chi connectivity index (χ3v) is 7.80. The number of hydrogen-bond acceptors (Lipinski definition) is 4. The maximum atomic E-state index is 12.4. The third kappa shape index (κ3) is 3.64. The molecule has 2 saturated heterocycles. The van der Waals surface area contributed by atoms with Gasteiger partial charge in [-0.05, 0) is 71.8 Å². The lowest BCUT2D eigenvalue weighted by Gasteiger charge is -2.63. The lowest BCUT2D eigenvalue weighted by molar-refractivity contribution is -0.161. The fraction of sp³-hybridized carbons (Fsp3) is 0.720. The van der Waals surface area contributed by atoms with Crippen LogP contribution in [0.4, 0.5) is 0 Å². The van der Waals surface area contributed by atoms with Crippen molar-refractivity contribution in [2.45, 2.75) is 90.1 Å². The lowest BCUT2D eigenvalue weighted by Crippen LogP contribution is -2.73. The smallest absolute Gasteiger partial charge is 0.217 e. The molecule has 4 rings (SSSR count). The van der Waals surface area contributed by atoms with Gasteiger partial charge in [0.1, 0.15) is 5.75 Å². The van der Waals surface area contributed by atoms with Crippen LogP contribution in [0.15, 0.2) is 24.3 Å². The molecule has 166 valence electrons. The summed E-state index contributed by atoms with van der Waals surface area (Å²) in [5, 5.41) is 7.33. The highest BCUT2D eigenvalue weighted by Gasteiger charge is 2.61. The Morgan fingerprint density at radius 3 is 2.63 bits per heavy atom. The second-order valence-corrected chi connectivity index (χ2v) is 10.5. The summed E-state index contributed by atoms with van der Waals surface area (Å²) in [6, 6.07) is 8.62. The number of para-hydroxylation sites is 1. The molecule has 1 aliphatic carbocycles. The largest absolute Gasteiger partial charge is 0.491 e. The Hall–Kier alpha value is -1.59. The van der Waals surface area contributed by atoms with Gasteiger partial charge in [0.05, 0.1) is 17.7 Å². The molecule has 0 aromatic heterocycles. The van der Waals surface area contributed by atoms with E-state index in [0.29, 0.717) is 24.5 Å². The highest BCUT2D eigenvalue weighted by atomic mass is 16.5. The molecule has 0 spiro atoms. The summed E-state index contributed by atoms with van der Waals surface area (Å²) in [5.74, 6) is 2.12. The monoisotopic (exact) mass is 414 g/mol. The van der Waals surface area contributed by atoms with E-state index in [0.717, 1.165) is 30.6 Å². The standard InChI is InChI=1S/C25H38N2O3/c1-15(2)30-22-10-8-7-9-19(22)23-21-14-18-13-20(16(3)26-24(18,5)6)25(21,11-12-29-23)27-17(4)28/h7-10,15-16,18,20-21,23,26H,11-14H2,1-6H3,(H,27,28)/t16-,18-,20+,21+,23+,25+/m1/s1. The second-order valence-electron chi connectivity index (χ2n) is 10.5. The van der Waals surface area contributed by atoms with Gasteiger partial charge in [-0.25, -0.2) is 0 Å². The summed E-state index contributed by atoms with van der Waals surface area (Å²) < 4.78 is 12.6. The Bertz CT molecular complexity index is 792. The Labute approximate surface area is 181 Å². The maximum absolute atomic E-state index is 12.4. The van der Waals surface area contributed by atoms with Crippen molar-refractivity contribution in [3.63, 3.8) is 0 Å². The number of piperidine rings is 1. The molecule has 0 radical (unpaired) electrons. The van der Waals surface area contributed by atoms with Crippen LogP contribution in [0, 0.1) is 17.8 Å². The van der Waals surface area contributed by atoms with Crippen LogP contribution in [-0.2, 0) is 9.53 Å². The van der Waals surface area contributed by atoms with E-state index in [1.165, 1.54) is 0 Å². The average molecular weight is 415 g/mol. The van der Waals surface area contributed by atoms with Gasteiger partial charge in [0, 0.05) is 36.6 Å². The van der Waals surface area contributed by atoms with Crippen molar-refractivity contribution in [2.75, 3.05) is 6.61 Å². The van der Waals surface area contributed by atoms with E-state index in [4.69, 9.17) is 9.47 Å². The first-order valence-corrected chi connectivity index (χ1v) is 11.6. The summed E-state index contributed by atoms with van der Waals surface area (Å²) in [4.78, 5) is 12.4. The van der Waals surface area contributed by atoms with Crippen LogP contribution in [0.25, 0.3) is 0 Å². The van der Waals surface area contributed by atoms with E-state index in [9.17, 15) is 4.79 Å². The molecule has 2 N–H and O–H groups in total. The van der Waals surface area contributed by atoms with Crippen LogP contribution in [0.5, 0.6) is 5.75 Å². The highest BCUT2D eigenvalue weighted by molar-refractivity contribution is 5.74. The summed E-state index contributed by atoms with van der Waals surface area (Å²) in [7, 11) is 0. The number of amides is 1. The fourth-order valence-corrected chi connectivity index (χ4v) is 6.64. The molecule has 3 fully saturated rings. The molecule has 30 heavy (non-hydrogen) atoms. The minimum absolute atomic E-state index is 0.0582. The van der Waals surface area contributed by atoms with Gasteiger partial charge in [-0.2, -0.15) is 0 Å². The van der Waals surface area contributed by atoms with Crippen molar-refractivity contribution in [3.8, 4) is 5.75 Å². The van der Waals surface area contributed by atoms with Crippen LogP contribution in [0.3, 0.4) is 0 Å². The number of nitrogens with one attached hydrogen (secondary N) is 2. The summed E-state index contributed by atoms with van der Waals surface area (Å²) >= 11 is 0. The molecule has 2 bridgehead atoms. The Morgan fingerprint density at radius 1 is 1.23 bits per heavy atom. The molecule has 5 nitrogen and oxygen atoms in total. The van der Waals surface area contributed by atoms with E-state index in [1.807, 2.05) is 12.1 Å². The van der Waals surface area contributed by atoms with Crippen molar-refractivity contribution < 1.29 is 14.3 Å². The number of carbonyl (C=O) groups excluding carboxylic acids is 1. The number of benzene rings is 1. The molecule has 2 aliphatic heterocycles. The Morgan fingerprint density at radius 2 is 1.93 bits per heavy atom. The topological polar surface area (TPSA) is 59.6 Å². The van der Waals surface area contributed by atoms with Crippen molar-refractivity contribution in [1.29, 1.82) is 0 Å². The molecule has 1 aromatic carbocycles. The van der Waals surface area contributed by atoms with Gasteiger partial charge in [0.25, 0.3) is 0 Å². The van der Waals surface area contributed by atoms with E-state index in [-0.39, 0.29) is 35.1 Å². The SMILES string of the molecule is CC(=O)N[C@]12CCO[C@@H](c3ccccc3OC(C)C)[C@@H]1C[C@H]1C[C@H]2[C@@H](C)NC1(C)C. The van der Waals surface area contributed by atoms with Gasteiger partial charge in [0.2, 0.25) is 5.91 Å². The molecule has 2 heterocycles. The highest BCUT2D eigenvalue weighted by Crippen LogP contribution is 2.57. The minimum Gasteiger partial charge on any atom is -0.491 e. The zero-order chi connectivity index (χ0) is 21.7. The first-order valence-electron chi connectivity index (χ1n) is 11.6. The molecule has 0 unspecified atom stereocenters. The molecule has 3 aliphatic rings. The lowest BCUT2D eigenvalue weighted by atomic mass is 9.52. The van der Waals surface area contributed by atoms with Crippen molar-refractivity contribution in [2.24, 2.45) is 17.8 Å². The number of fused-ring (bicyclic) bond motifs is 4. The zero-order valence-corrected chi connectivity index (χ0v) is 19.3. The van der Waals surface area contributed by atoms with Gasteiger partial charge >= 0.3 is 0 Å². The van der Waals surface area contributed by atoms with Crippen LogP contribution in [0.2, 0.25) is 0 Å². The van der Waals surface area contributed by atoms with Crippen molar-refractivity contribution in [3.05, 3.63) is 29.8 Å². The Balaban J connectivity index is 1.79. The first-order chi connectivity index (χ1) is 14.1. The molecular formula is C25H38N2O3. The molecule has 6 atom stereocenters. The van der Waals surface area contributed by atoms with E-state index < -0.39 is 0 Å². The summed E-state index contributed by atoms with van der Waals surface area (Å²) in [6.45, 7) is 13.4. The summed E-state index contributed by atoms with van der Waals surface area (Å²) in [5.41, 5.74) is 0.942. The maximum Gasteiger partial charge on any atom is 0.217 e. The van der Waals surface area contributed by atoms with Crippen LogP contribution >= 0.6 is 0 Å². The van der Waals surface area contributed by atoms with E-state index in [2.05, 4.69) is 57.4 Å². The summed E-state index contributed by atoms with van der Waals surface area (Å²) in [6.07, 6.45) is 3.07. The van der Waals surface area contributed by atoms with Crippen LogP contribution < -0.4 is 15.4 Å². The normalized spacial score (nSPS) is 37.4. The van der Waals surface area contributed by atoms with Gasteiger partial charge in [-0.1, -0.05) is 18.2 Å². The second kappa shape index (κ2) is 7.83. The molecule has 1 saturated carbocycles. The van der Waals surface area contributed by atoms with E-state index in [1.54, 1.807) is 6.92 Å². The first kappa shape index (κ1) is 21.6. The van der Waals surface area contributed by atoms with Gasteiger partial charge in [-0.15, -0.1) is 0 Å². The fourth-order valence-electron chi connectivity index (χ4n) is 6.64. The van der Waals surface area contributed by atoms with E-state index >= 15 is 0 Å². The van der Waals surface area contributed by atoms with Crippen molar-refractivity contribution in [1.82, 2.24) is 10.6 Å². The molecule has 1 amide bonds. The van der Waals surface area contributed by atoms with Crippen molar-refractivity contribution >= 4 is 5.91 Å². The minimum atomic E-state index is -0.251. The average Bonchev–Trinajstić information content (AvgIpc) is 2.64. The van der Waals surface area contributed by atoms with Crippen LogP contribution in [0.1, 0.15) is 72.5 Å². The van der Waals surface area contributed by atoms with Crippen LogP contribution in [-0.4, -0.2) is 35.7 Å². The molecule has 1 aromatic rings.